The van der Waals surface area contributed by atoms with E-state index in [9.17, 15) is 19.1 Å². The molecule has 1 aliphatic heterocycles. The molecule has 2 amide bonds. The fourth-order valence-corrected chi connectivity index (χ4v) is 1.70. The number of anilines is 1. The van der Waals surface area contributed by atoms with Crippen LogP contribution in [0.1, 0.15) is 6.42 Å². The Labute approximate surface area is 101 Å². The van der Waals surface area contributed by atoms with Crippen molar-refractivity contribution in [1.82, 2.24) is 0 Å². The minimum absolute atomic E-state index is 0.0869. The highest BCUT2D eigenvalue weighted by molar-refractivity contribution is 6.32. The van der Waals surface area contributed by atoms with Crippen LogP contribution in [0.5, 0.6) is 5.75 Å². The molecule has 4 nitrogen and oxygen atoms in total. The van der Waals surface area contributed by atoms with Gasteiger partial charge in [0.25, 0.3) is 5.91 Å². The smallest absolute Gasteiger partial charge is 0.261 e. The first kappa shape index (κ1) is 11.6. The number of phenolic OH excluding ortho intramolecular Hbond substituents is 1. The van der Waals surface area contributed by atoms with Crippen LogP contribution in [-0.2, 0) is 9.59 Å². The molecule has 17 heavy (non-hydrogen) atoms. The molecule has 2 rings (SSSR count). The van der Waals surface area contributed by atoms with Crippen molar-refractivity contribution in [2.75, 3.05) is 4.90 Å². The Balaban J connectivity index is 2.55. The first-order valence-corrected chi connectivity index (χ1v) is 5.02. The van der Waals surface area contributed by atoms with Crippen molar-refractivity contribution in [2.24, 2.45) is 0 Å². The summed E-state index contributed by atoms with van der Waals surface area (Å²) in [5, 5.41) is 9.16. The summed E-state index contributed by atoms with van der Waals surface area (Å²) in [5.41, 5.74) is -0.232. The summed E-state index contributed by atoms with van der Waals surface area (Å²) < 4.78 is 13.6. The molecule has 88 valence electrons. The van der Waals surface area contributed by atoms with E-state index in [-0.39, 0.29) is 22.7 Å². The molecule has 0 aliphatic carbocycles. The number of carbonyl (C=O) groups excluding carboxylic acids is 2. The van der Waals surface area contributed by atoms with Gasteiger partial charge in [-0.3, -0.25) is 9.59 Å². The van der Waals surface area contributed by atoms with Gasteiger partial charge in [-0.05, 0) is 6.07 Å². The first-order chi connectivity index (χ1) is 7.91. The van der Waals surface area contributed by atoms with Gasteiger partial charge in [-0.15, -0.1) is 0 Å². The first-order valence-electron chi connectivity index (χ1n) is 4.65. The number of nitrogens with zero attached hydrogens (tertiary/aromatic N) is 1. The number of rotatable bonds is 1. The van der Waals surface area contributed by atoms with Crippen molar-refractivity contribution in [1.29, 1.82) is 0 Å². The molecule has 1 heterocycles. The van der Waals surface area contributed by atoms with E-state index in [0.717, 1.165) is 12.1 Å². The molecule has 0 bridgehead atoms. The predicted molar refractivity (Wildman–Crippen MR) is 59.3 cm³/mol. The van der Waals surface area contributed by atoms with Gasteiger partial charge in [0.1, 0.15) is 11.6 Å². The molecule has 1 aromatic carbocycles. The number of benzene rings is 1. The van der Waals surface area contributed by atoms with Gasteiger partial charge in [-0.1, -0.05) is 18.2 Å². The summed E-state index contributed by atoms with van der Waals surface area (Å²) in [4.78, 5) is 23.7. The topological polar surface area (TPSA) is 57.6 Å². The Hall–Kier alpha value is -1.88. The van der Waals surface area contributed by atoms with Gasteiger partial charge in [-0.25, -0.2) is 9.29 Å². The third-order valence-corrected chi connectivity index (χ3v) is 2.68. The molecule has 0 radical (unpaired) electrons. The summed E-state index contributed by atoms with van der Waals surface area (Å²) in [6, 6.07) is 1.78. The zero-order chi connectivity index (χ0) is 12.7. The zero-order valence-electron chi connectivity index (χ0n) is 8.54. The van der Waals surface area contributed by atoms with Crippen LogP contribution in [-0.4, -0.2) is 16.9 Å². The minimum Gasteiger partial charge on any atom is -0.506 e. The average molecular weight is 256 g/mol. The van der Waals surface area contributed by atoms with E-state index in [2.05, 4.69) is 6.58 Å². The molecule has 0 atom stereocenters. The highest BCUT2D eigenvalue weighted by Gasteiger charge is 2.35. The van der Waals surface area contributed by atoms with Crippen LogP contribution in [0.4, 0.5) is 10.1 Å². The molecule has 6 heteroatoms. The Morgan fingerprint density at radius 3 is 2.59 bits per heavy atom. The van der Waals surface area contributed by atoms with Gasteiger partial charge in [0.15, 0.2) is 0 Å². The lowest BCUT2D eigenvalue weighted by Crippen LogP contribution is -2.29. The number of amides is 2. The van der Waals surface area contributed by atoms with E-state index in [1.165, 1.54) is 0 Å². The second-order valence-corrected chi connectivity index (χ2v) is 3.98. The van der Waals surface area contributed by atoms with Crippen LogP contribution in [0.25, 0.3) is 0 Å². The summed E-state index contributed by atoms with van der Waals surface area (Å²) in [5.74, 6) is -2.51. The maximum absolute atomic E-state index is 13.6. The van der Waals surface area contributed by atoms with Crippen LogP contribution in [0.2, 0.25) is 5.02 Å². The molecule has 0 spiro atoms. The number of phenols is 1. The van der Waals surface area contributed by atoms with Gasteiger partial charge in [0, 0.05) is 11.6 Å². The highest BCUT2D eigenvalue weighted by Crippen LogP contribution is 2.34. The Morgan fingerprint density at radius 1 is 1.41 bits per heavy atom. The number of hydrogen-bond acceptors (Lipinski definition) is 3. The summed E-state index contributed by atoms with van der Waals surface area (Å²) in [6.07, 6.45) is -0.151. The molecule has 1 fully saturated rings. The molecule has 0 saturated carbocycles. The number of carbonyl (C=O) groups is 2. The monoisotopic (exact) mass is 255 g/mol. The van der Waals surface area contributed by atoms with Gasteiger partial charge in [-0.2, -0.15) is 0 Å². The van der Waals surface area contributed by atoms with Crippen molar-refractivity contribution in [2.45, 2.75) is 6.42 Å². The lowest BCUT2D eigenvalue weighted by molar-refractivity contribution is -0.120. The largest absolute Gasteiger partial charge is 0.506 e. The van der Waals surface area contributed by atoms with Crippen molar-refractivity contribution in [3.8, 4) is 5.75 Å². The van der Waals surface area contributed by atoms with Crippen molar-refractivity contribution >= 4 is 29.1 Å². The second kappa shape index (κ2) is 3.85. The molecular weight excluding hydrogens is 249 g/mol. The maximum atomic E-state index is 13.6. The van der Waals surface area contributed by atoms with E-state index in [1.807, 2.05) is 0 Å². The zero-order valence-corrected chi connectivity index (χ0v) is 9.29. The molecule has 1 aromatic rings. The lowest BCUT2D eigenvalue weighted by atomic mass is 10.2. The lowest BCUT2D eigenvalue weighted by Gasteiger charge is -2.15. The summed E-state index contributed by atoms with van der Waals surface area (Å²) in [7, 11) is 0. The van der Waals surface area contributed by atoms with E-state index in [1.54, 1.807) is 0 Å². The fraction of sp³-hybridized carbons (Fsp3) is 0.0909. The molecule has 1 aliphatic rings. The molecule has 0 unspecified atom stereocenters. The number of halogens is 2. The fourth-order valence-electron chi connectivity index (χ4n) is 1.55. The normalized spacial score (nSPS) is 15.9. The van der Waals surface area contributed by atoms with Crippen LogP contribution in [0, 0.1) is 5.82 Å². The predicted octanol–water partition coefficient (Wildman–Crippen LogP) is 2.00. The van der Waals surface area contributed by atoms with E-state index >= 15 is 0 Å². The highest BCUT2D eigenvalue weighted by atomic mass is 35.5. The average Bonchev–Trinajstić information content (AvgIpc) is 2.48. The van der Waals surface area contributed by atoms with Gasteiger partial charge >= 0.3 is 0 Å². The van der Waals surface area contributed by atoms with Crippen LogP contribution in [0.3, 0.4) is 0 Å². The number of aromatic hydroxyl groups is 1. The van der Waals surface area contributed by atoms with Gasteiger partial charge in [0.2, 0.25) is 5.91 Å². The molecule has 1 N–H and O–H groups in total. The Morgan fingerprint density at radius 2 is 2.06 bits per heavy atom. The summed E-state index contributed by atoms with van der Waals surface area (Å²) in [6.45, 7) is 3.41. The number of imide groups is 1. The van der Waals surface area contributed by atoms with Crippen LogP contribution < -0.4 is 4.90 Å². The molecule has 1 saturated heterocycles. The third-order valence-electron chi connectivity index (χ3n) is 2.38. The standard InChI is InChI=1S/C11H7ClFNO3/c1-5-2-10(16)14(11(5)17)8-4-9(15)6(12)3-7(8)13/h3-4,15H,1-2H2. The van der Waals surface area contributed by atoms with E-state index in [4.69, 9.17) is 11.6 Å². The maximum Gasteiger partial charge on any atom is 0.261 e. The Bertz CT molecular complexity index is 556. The molecule has 0 aromatic heterocycles. The van der Waals surface area contributed by atoms with Gasteiger partial charge in [0.05, 0.1) is 17.1 Å². The van der Waals surface area contributed by atoms with Gasteiger partial charge < -0.3 is 5.11 Å². The van der Waals surface area contributed by atoms with Crippen molar-refractivity contribution < 1.29 is 19.1 Å². The number of hydrogen-bond donors (Lipinski definition) is 1. The second-order valence-electron chi connectivity index (χ2n) is 3.57. The third kappa shape index (κ3) is 1.78. The van der Waals surface area contributed by atoms with E-state index in [0.29, 0.717) is 4.90 Å². The quantitative estimate of drug-likeness (QED) is 0.617. The van der Waals surface area contributed by atoms with Crippen molar-refractivity contribution in [3.63, 3.8) is 0 Å². The van der Waals surface area contributed by atoms with Crippen LogP contribution in [0.15, 0.2) is 24.3 Å². The van der Waals surface area contributed by atoms with Crippen molar-refractivity contribution in [3.05, 3.63) is 35.1 Å². The minimum atomic E-state index is -0.857. The molecular formula is C11H7ClFNO3. The van der Waals surface area contributed by atoms with E-state index < -0.39 is 23.4 Å². The SMILES string of the molecule is C=C1CC(=O)N(c2cc(O)c(Cl)cc2F)C1=O. The summed E-state index contributed by atoms with van der Waals surface area (Å²) >= 11 is 5.50. The Kier molecular flexibility index (Phi) is 2.63. The van der Waals surface area contributed by atoms with Crippen LogP contribution >= 0.6 is 11.6 Å².